The summed E-state index contributed by atoms with van der Waals surface area (Å²) in [5, 5.41) is 19.0. The monoisotopic (exact) mass is 344 g/mol. The summed E-state index contributed by atoms with van der Waals surface area (Å²) >= 11 is 3.29. The van der Waals surface area contributed by atoms with Crippen LogP contribution in [-0.4, -0.2) is 29.9 Å². The molecule has 8 heteroatoms. The molecule has 5 rings (SSSR count). The molecule has 0 atom stereocenters. The van der Waals surface area contributed by atoms with E-state index >= 15 is 0 Å². The molecule has 3 aromatic heterocycles. The van der Waals surface area contributed by atoms with Crippen molar-refractivity contribution < 1.29 is 0 Å². The van der Waals surface area contributed by atoms with Crippen LogP contribution in [0.3, 0.4) is 0 Å². The van der Waals surface area contributed by atoms with Gasteiger partial charge in [0.1, 0.15) is 11.6 Å². The summed E-state index contributed by atoms with van der Waals surface area (Å²) in [5.74, 6) is 4.54. The van der Waals surface area contributed by atoms with Crippen LogP contribution in [0.15, 0.2) is 22.7 Å². The molecule has 2 aliphatic carbocycles. The third-order valence-electron chi connectivity index (χ3n) is 4.20. The Bertz CT molecular complexity index is 813. The number of thioether (sulfide) groups is 1. The summed E-state index contributed by atoms with van der Waals surface area (Å²) in [6.07, 6.45) is 5.06. The van der Waals surface area contributed by atoms with Gasteiger partial charge in [-0.05, 0) is 37.1 Å². The number of hydrogen-bond acceptors (Lipinski definition) is 6. The Morgan fingerprint density at radius 3 is 2.91 bits per heavy atom. The van der Waals surface area contributed by atoms with Crippen LogP contribution < -0.4 is 0 Å². The van der Waals surface area contributed by atoms with E-state index in [9.17, 15) is 0 Å². The average Bonchev–Trinajstić information content (AvgIpc) is 3.43. The lowest BCUT2D eigenvalue weighted by molar-refractivity contribution is 0.661. The average molecular weight is 344 g/mol. The molecule has 0 aromatic carbocycles. The van der Waals surface area contributed by atoms with Crippen molar-refractivity contribution in [3.63, 3.8) is 0 Å². The standard InChI is InChI=1S/C15H16N6S2/c1-2-11(22-7-1)13-16-15(20-18-13)23-8-12-17-19-14(9-3-4-9)21(12)10-5-6-10/h1-2,7,9-10H,3-6,8H2,(H,16,18,20). The highest BCUT2D eigenvalue weighted by atomic mass is 32.2. The zero-order valence-electron chi connectivity index (χ0n) is 12.5. The molecule has 118 valence electrons. The maximum atomic E-state index is 4.56. The van der Waals surface area contributed by atoms with Crippen molar-refractivity contribution in [2.24, 2.45) is 0 Å². The molecule has 0 spiro atoms. The second kappa shape index (κ2) is 5.45. The number of thiophene rings is 1. The second-order valence-electron chi connectivity index (χ2n) is 6.08. The highest BCUT2D eigenvalue weighted by Gasteiger charge is 2.36. The van der Waals surface area contributed by atoms with Gasteiger partial charge in [0, 0.05) is 12.0 Å². The van der Waals surface area contributed by atoms with Crippen molar-refractivity contribution in [1.82, 2.24) is 29.9 Å². The van der Waals surface area contributed by atoms with Gasteiger partial charge in [0.2, 0.25) is 5.16 Å². The maximum absolute atomic E-state index is 4.56. The Balaban J connectivity index is 1.33. The smallest absolute Gasteiger partial charge is 0.209 e. The number of H-pyrrole nitrogens is 1. The summed E-state index contributed by atoms with van der Waals surface area (Å²) < 4.78 is 2.39. The molecule has 3 heterocycles. The highest BCUT2D eigenvalue weighted by molar-refractivity contribution is 7.98. The van der Waals surface area contributed by atoms with E-state index < -0.39 is 0 Å². The molecule has 0 aliphatic heterocycles. The van der Waals surface area contributed by atoms with E-state index in [1.807, 2.05) is 17.5 Å². The number of nitrogens with zero attached hydrogens (tertiary/aromatic N) is 5. The van der Waals surface area contributed by atoms with Crippen LogP contribution in [0.2, 0.25) is 0 Å². The molecule has 23 heavy (non-hydrogen) atoms. The molecule has 6 nitrogen and oxygen atoms in total. The third kappa shape index (κ3) is 2.70. The molecule has 3 aromatic rings. The second-order valence-corrected chi connectivity index (χ2v) is 7.97. The van der Waals surface area contributed by atoms with Gasteiger partial charge in [-0.1, -0.05) is 17.8 Å². The van der Waals surface area contributed by atoms with E-state index in [1.165, 1.54) is 31.5 Å². The SMILES string of the molecule is c1csc(-c2nc(SCc3nnc(C4CC4)n3C3CC3)n[nH]2)c1. The van der Waals surface area contributed by atoms with Gasteiger partial charge >= 0.3 is 0 Å². The fraction of sp³-hybridized carbons (Fsp3) is 0.467. The van der Waals surface area contributed by atoms with Crippen LogP contribution in [0.5, 0.6) is 0 Å². The quantitative estimate of drug-likeness (QED) is 0.691. The van der Waals surface area contributed by atoms with Crippen LogP contribution in [-0.2, 0) is 5.75 Å². The van der Waals surface area contributed by atoms with E-state index in [0.717, 1.165) is 27.4 Å². The molecule has 2 fully saturated rings. The summed E-state index contributed by atoms with van der Waals surface area (Å²) in [5.41, 5.74) is 0. The number of aromatic nitrogens is 6. The van der Waals surface area contributed by atoms with Crippen molar-refractivity contribution in [3.8, 4) is 10.7 Å². The zero-order valence-corrected chi connectivity index (χ0v) is 14.1. The molecule has 0 saturated heterocycles. The van der Waals surface area contributed by atoms with Gasteiger partial charge in [0.05, 0.1) is 10.6 Å². The molecule has 1 N–H and O–H groups in total. The molecule has 2 aliphatic rings. The van der Waals surface area contributed by atoms with Gasteiger partial charge in [-0.3, -0.25) is 5.10 Å². The maximum Gasteiger partial charge on any atom is 0.209 e. The van der Waals surface area contributed by atoms with Gasteiger partial charge in [-0.25, -0.2) is 4.98 Å². The van der Waals surface area contributed by atoms with Crippen molar-refractivity contribution in [2.75, 3.05) is 0 Å². The lowest BCUT2D eigenvalue weighted by Gasteiger charge is -2.07. The Morgan fingerprint density at radius 2 is 2.17 bits per heavy atom. The van der Waals surface area contributed by atoms with Crippen LogP contribution in [0.25, 0.3) is 10.7 Å². The molecule has 0 unspecified atom stereocenters. The van der Waals surface area contributed by atoms with Crippen molar-refractivity contribution >= 4 is 23.1 Å². The lowest BCUT2D eigenvalue weighted by atomic mass is 10.4. The first-order valence-corrected chi connectivity index (χ1v) is 9.78. The van der Waals surface area contributed by atoms with Crippen LogP contribution in [0.4, 0.5) is 0 Å². The molecule has 0 radical (unpaired) electrons. The third-order valence-corrected chi connectivity index (χ3v) is 5.92. The minimum atomic E-state index is 0.630. The van der Waals surface area contributed by atoms with Crippen LogP contribution in [0.1, 0.15) is 49.3 Å². The van der Waals surface area contributed by atoms with Crippen molar-refractivity contribution in [2.45, 2.75) is 48.6 Å². The predicted octanol–water partition coefficient (Wildman–Crippen LogP) is 3.63. The lowest BCUT2D eigenvalue weighted by Crippen LogP contribution is -2.04. The summed E-state index contributed by atoms with van der Waals surface area (Å²) in [6, 6.07) is 4.70. The molecular weight excluding hydrogens is 328 g/mol. The van der Waals surface area contributed by atoms with Crippen molar-refractivity contribution in [1.29, 1.82) is 0 Å². The predicted molar refractivity (Wildman–Crippen MR) is 89.5 cm³/mol. The van der Waals surface area contributed by atoms with Crippen molar-refractivity contribution in [3.05, 3.63) is 29.2 Å². The Hall–Kier alpha value is -1.67. The normalized spacial score (nSPS) is 17.7. The minimum absolute atomic E-state index is 0.630. The van der Waals surface area contributed by atoms with Gasteiger partial charge < -0.3 is 4.57 Å². The molecule has 2 saturated carbocycles. The Morgan fingerprint density at radius 1 is 1.26 bits per heavy atom. The molecule has 0 bridgehead atoms. The fourth-order valence-electron chi connectivity index (χ4n) is 2.75. The number of aromatic amines is 1. The Kier molecular flexibility index (Phi) is 3.26. The topological polar surface area (TPSA) is 72.3 Å². The van der Waals surface area contributed by atoms with Crippen LogP contribution >= 0.6 is 23.1 Å². The largest absolute Gasteiger partial charge is 0.311 e. The molecule has 0 amide bonds. The van der Waals surface area contributed by atoms with Crippen LogP contribution in [0, 0.1) is 0 Å². The first-order valence-electron chi connectivity index (χ1n) is 7.91. The minimum Gasteiger partial charge on any atom is -0.311 e. The van der Waals surface area contributed by atoms with Gasteiger partial charge in [0.15, 0.2) is 5.82 Å². The zero-order chi connectivity index (χ0) is 15.2. The van der Waals surface area contributed by atoms with Gasteiger partial charge in [-0.2, -0.15) is 0 Å². The summed E-state index contributed by atoms with van der Waals surface area (Å²) in [7, 11) is 0. The first-order chi connectivity index (χ1) is 11.4. The fourth-order valence-corrected chi connectivity index (χ4v) is 4.13. The summed E-state index contributed by atoms with van der Waals surface area (Å²) in [4.78, 5) is 5.67. The number of rotatable bonds is 6. The van der Waals surface area contributed by atoms with E-state index in [-0.39, 0.29) is 0 Å². The number of hydrogen-bond donors (Lipinski definition) is 1. The van der Waals surface area contributed by atoms with E-state index in [2.05, 4.69) is 29.9 Å². The van der Waals surface area contributed by atoms with E-state index in [4.69, 9.17) is 0 Å². The van der Waals surface area contributed by atoms with E-state index in [1.54, 1.807) is 23.1 Å². The number of nitrogens with one attached hydrogen (secondary N) is 1. The van der Waals surface area contributed by atoms with Gasteiger partial charge in [0.25, 0.3) is 0 Å². The Labute approximate surface area is 141 Å². The summed E-state index contributed by atoms with van der Waals surface area (Å²) in [6.45, 7) is 0. The molecular formula is C15H16N6S2. The first kappa shape index (κ1) is 13.7. The highest BCUT2D eigenvalue weighted by Crippen LogP contribution is 2.45. The van der Waals surface area contributed by atoms with E-state index in [0.29, 0.717) is 12.0 Å². The van der Waals surface area contributed by atoms with Gasteiger partial charge in [-0.15, -0.1) is 26.6 Å².